The van der Waals surface area contributed by atoms with Crippen LogP contribution in [0.4, 0.5) is 0 Å². The summed E-state index contributed by atoms with van der Waals surface area (Å²) in [7, 11) is 1.62. The van der Waals surface area contributed by atoms with Crippen LogP contribution >= 0.6 is 27.5 Å². The first-order valence-electron chi connectivity index (χ1n) is 5.55. The average molecular weight is 344 g/mol. The molecule has 100 valence electrons. The van der Waals surface area contributed by atoms with Crippen LogP contribution in [-0.4, -0.2) is 17.1 Å². The van der Waals surface area contributed by atoms with E-state index >= 15 is 0 Å². The second kappa shape index (κ2) is 6.21. The van der Waals surface area contributed by atoms with Crippen LogP contribution in [0, 0.1) is 6.92 Å². The maximum absolute atomic E-state index is 5.87. The van der Waals surface area contributed by atoms with E-state index in [-0.39, 0.29) is 6.61 Å². The lowest BCUT2D eigenvalue weighted by Crippen LogP contribution is -2.03. The van der Waals surface area contributed by atoms with Crippen molar-refractivity contribution in [1.29, 1.82) is 0 Å². The summed E-state index contributed by atoms with van der Waals surface area (Å²) < 4.78 is 11.6. The van der Waals surface area contributed by atoms with Crippen LogP contribution < -0.4 is 9.47 Å². The zero-order valence-electron chi connectivity index (χ0n) is 10.5. The second-order valence-corrected chi connectivity index (χ2v) is 5.07. The van der Waals surface area contributed by atoms with Crippen molar-refractivity contribution in [3.63, 3.8) is 0 Å². The first kappa shape index (κ1) is 14.1. The predicted molar refractivity (Wildman–Crippen MR) is 76.8 cm³/mol. The van der Waals surface area contributed by atoms with Gasteiger partial charge in [-0.1, -0.05) is 11.6 Å². The Bertz CT molecular complexity index is 573. The topological polar surface area (TPSA) is 44.2 Å². The molecule has 0 spiro atoms. The van der Waals surface area contributed by atoms with Gasteiger partial charge in [0.2, 0.25) is 0 Å². The number of ether oxygens (including phenoxy) is 2. The van der Waals surface area contributed by atoms with Crippen LogP contribution in [0.15, 0.2) is 28.7 Å². The minimum Gasteiger partial charge on any atom is -0.497 e. The summed E-state index contributed by atoms with van der Waals surface area (Å²) in [6.45, 7) is 2.12. The fraction of sp³-hybridized carbons (Fsp3) is 0.231. The van der Waals surface area contributed by atoms with Crippen molar-refractivity contribution < 1.29 is 9.47 Å². The number of methoxy groups -OCH3 is 1. The van der Waals surface area contributed by atoms with E-state index < -0.39 is 0 Å². The van der Waals surface area contributed by atoms with Crippen molar-refractivity contribution in [2.45, 2.75) is 13.5 Å². The molecule has 1 aromatic heterocycles. The Kier molecular flexibility index (Phi) is 4.61. The van der Waals surface area contributed by atoms with Gasteiger partial charge in [0.05, 0.1) is 11.6 Å². The maximum atomic E-state index is 5.87. The number of benzene rings is 1. The zero-order valence-corrected chi connectivity index (χ0v) is 12.8. The van der Waals surface area contributed by atoms with E-state index in [9.17, 15) is 0 Å². The van der Waals surface area contributed by atoms with Gasteiger partial charge in [0.25, 0.3) is 0 Å². The number of nitrogens with zero attached hydrogens (tertiary/aromatic N) is 2. The third-order valence-electron chi connectivity index (χ3n) is 2.37. The number of hydrogen-bond donors (Lipinski definition) is 0. The lowest BCUT2D eigenvalue weighted by atomic mass is 10.3. The minimum atomic E-state index is 0.256. The number of aromatic nitrogens is 2. The molecule has 0 saturated carbocycles. The summed E-state index contributed by atoms with van der Waals surface area (Å²) >= 11 is 9.29. The third kappa shape index (κ3) is 3.81. The van der Waals surface area contributed by atoms with Crippen LogP contribution in [0.2, 0.25) is 5.15 Å². The van der Waals surface area contributed by atoms with Crippen LogP contribution in [0.3, 0.4) is 0 Å². The summed E-state index contributed by atoms with van der Waals surface area (Å²) in [4.78, 5) is 8.35. The monoisotopic (exact) mass is 342 g/mol. The van der Waals surface area contributed by atoms with Gasteiger partial charge >= 0.3 is 0 Å². The molecule has 0 bridgehead atoms. The van der Waals surface area contributed by atoms with E-state index in [1.807, 2.05) is 25.1 Å². The van der Waals surface area contributed by atoms with Gasteiger partial charge in [-0.2, -0.15) is 0 Å². The lowest BCUT2D eigenvalue weighted by Gasteiger charge is -2.09. The summed E-state index contributed by atoms with van der Waals surface area (Å²) in [6.07, 6.45) is 0. The molecule has 1 aromatic carbocycles. The van der Waals surface area contributed by atoms with Gasteiger partial charge in [0.1, 0.15) is 23.3 Å². The Labute approximate surface area is 124 Å². The van der Waals surface area contributed by atoms with Gasteiger partial charge < -0.3 is 9.47 Å². The first-order valence-corrected chi connectivity index (χ1v) is 6.72. The zero-order chi connectivity index (χ0) is 13.8. The van der Waals surface area contributed by atoms with Crippen LogP contribution in [0.25, 0.3) is 0 Å². The third-order valence-corrected chi connectivity index (χ3v) is 3.18. The van der Waals surface area contributed by atoms with Crippen molar-refractivity contribution in [1.82, 2.24) is 9.97 Å². The highest BCUT2D eigenvalue weighted by Crippen LogP contribution is 2.29. The molecule has 0 fully saturated rings. The number of hydrogen-bond acceptors (Lipinski definition) is 4. The molecular formula is C13H12BrClN2O2. The van der Waals surface area contributed by atoms with Gasteiger partial charge in [0.15, 0.2) is 5.82 Å². The summed E-state index contributed by atoms with van der Waals surface area (Å²) in [5.41, 5.74) is 0.812. The molecule has 4 nitrogen and oxygen atoms in total. The van der Waals surface area contributed by atoms with Crippen LogP contribution in [0.1, 0.15) is 11.5 Å². The summed E-state index contributed by atoms with van der Waals surface area (Å²) in [5.74, 6) is 2.00. The van der Waals surface area contributed by atoms with Crippen molar-refractivity contribution in [3.8, 4) is 11.5 Å². The molecule has 0 atom stereocenters. The number of halogens is 2. The molecule has 0 unspecified atom stereocenters. The fourth-order valence-electron chi connectivity index (χ4n) is 1.52. The quantitative estimate of drug-likeness (QED) is 0.792. The van der Waals surface area contributed by atoms with E-state index in [1.54, 1.807) is 13.2 Å². The SMILES string of the molecule is COc1ccc(OCc2nc(C)cc(Cl)n2)c(Br)c1. The number of rotatable bonds is 4. The van der Waals surface area contributed by atoms with Crippen molar-refractivity contribution in [2.24, 2.45) is 0 Å². The normalized spacial score (nSPS) is 10.3. The van der Waals surface area contributed by atoms with E-state index in [0.717, 1.165) is 15.9 Å². The fourth-order valence-corrected chi connectivity index (χ4v) is 2.25. The van der Waals surface area contributed by atoms with Crippen LogP contribution in [-0.2, 0) is 6.61 Å². The molecule has 2 aromatic rings. The molecule has 0 radical (unpaired) electrons. The Balaban J connectivity index is 2.10. The van der Waals surface area contributed by atoms with Crippen molar-refractivity contribution in [3.05, 3.63) is 45.4 Å². The number of aryl methyl sites for hydroxylation is 1. The van der Waals surface area contributed by atoms with Gasteiger partial charge in [-0.15, -0.1) is 0 Å². The average Bonchev–Trinajstić information content (AvgIpc) is 2.36. The van der Waals surface area contributed by atoms with E-state index in [1.165, 1.54) is 0 Å². The molecule has 0 aliphatic heterocycles. The summed E-state index contributed by atoms with van der Waals surface area (Å²) in [5, 5.41) is 0.417. The lowest BCUT2D eigenvalue weighted by molar-refractivity contribution is 0.293. The predicted octanol–water partition coefficient (Wildman–Crippen LogP) is 3.79. The molecule has 0 aliphatic carbocycles. The molecule has 0 saturated heterocycles. The molecule has 1 heterocycles. The highest BCUT2D eigenvalue weighted by Gasteiger charge is 2.06. The molecule has 0 N–H and O–H groups in total. The van der Waals surface area contributed by atoms with Gasteiger partial charge in [-0.05, 0) is 47.1 Å². The maximum Gasteiger partial charge on any atom is 0.167 e. The molecule has 0 amide bonds. The van der Waals surface area contributed by atoms with E-state index in [2.05, 4.69) is 25.9 Å². The Morgan fingerprint density at radius 3 is 2.68 bits per heavy atom. The van der Waals surface area contributed by atoms with Crippen LogP contribution in [0.5, 0.6) is 11.5 Å². The molecule has 19 heavy (non-hydrogen) atoms. The minimum absolute atomic E-state index is 0.256. The Hall–Kier alpha value is -1.33. The Morgan fingerprint density at radius 1 is 1.26 bits per heavy atom. The smallest absolute Gasteiger partial charge is 0.167 e. The first-order chi connectivity index (χ1) is 9.08. The molecular weight excluding hydrogens is 332 g/mol. The van der Waals surface area contributed by atoms with Gasteiger partial charge in [-0.3, -0.25) is 0 Å². The Morgan fingerprint density at radius 2 is 2.05 bits per heavy atom. The molecule has 2 rings (SSSR count). The van der Waals surface area contributed by atoms with Gasteiger partial charge in [0, 0.05) is 5.69 Å². The molecule has 6 heteroatoms. The largest absolute Gasteiger partial charge is 0.497 e. The highest BCUT2D eigenvalue weighted by molar-refractivity contribution is 9.10. The molecule has 0 aliphatic rings. The van der Waals surface area contributed by atoms with Gasteiger partial charge in [-0.25, -0.2) is 9.97 Å². The van der Waals surface area contributed by atoms with E-state index in [4.69, 9.17) is 21.1 Å². The van der Waals surface area contributed by atoms with Crippen molar-refractivity contribution >= 4 is 27.5 Å². The van der Waals surface area contributed by atoms with Crippen molar-refractivity contribution in [2.75, 3.05) is 7.11 Å². The standard InChI is InChI=1S/C13H12BrClN2O2/c1-8-5-12(15)17-13(16-8)7-19-11-4-3-9(18-2)6-10(11)14/h3-6H,7H2,1-2H3. The second-order valence-electron chi connectivity index (χ2n) is 3.83. The highest BCUT2D eigenvalue weighted by atomic mass is 79.9. The van der Waals surface area contributed by atoms with E-state index in [0.29, 0.717) is 16.7 Å². The summed E-state index contributed by atoms with van der Waals surface area (Å²) in [6, 6.07) is 7.18.